The molecule has 4 rings (SSSR count). The summed E-state index contributed by atoms with van der Waals surface area (Å²) in [4.78, 5) is 11.1. The molecule has 0 aliphatic heterocycles. The summed E-state index contributed by atoms with van der Waals surface area (Å²) in [6.07, 6.45) is 9.16. The minimum absolute atomic E-state index is 0.176. The van der Waals surface area contributed by atoms with E-state index in [0.717, 1.165) is 32.1 Å². The van der Waals surface area contributed by atoms with E-state index in [0.29, 0.717) is 35.0 Å². The van der Waals surface area contributed by atoms with E-state index in [-0.39, 0.29) is 30.0 Å². The zero-order valence-electron chi connectivity index (χ0n) is 17.9. The first-order valence-electron chi connectivity index (χ1n) is 11.7. The number of aliphatic hydroxyl groups is 2. The molecule has 4 aliphatic rings. The van der Waals surface area contributed by atoms with E-state index in [2.05, 4.69) is 20.8 Å². The molecule has 0 amide bonds. The van der Waals surface area contributed by atoms with Gasteiger partial charge in [-0.25, -0.2) is 0 Å². The average molecular weight is 393 g/mol. The number of aliphatic carboxylic acids is 1. The molecule has 0 aromatic rings. The molecule has 4 nitrogen and oxygen atoms in total. The highest BCUT2D eigenvalue weighted by Crippen LogP contribution is 2.68. The maximum Gasteiger partial charge on any atom is 0.303 e. The Bertz CT molecular complexity index is 605. The third-order valence-corrected chi connectivity index (χ3v) is 10.2. The lowest BCUT2D eigenvalue weighted by molar-refractivity contribution is -0.172. The van der Waals surface area contributed by atoms with Crippen LogP contribution in [0.1, 0.15) is 85.0 Å². The number of rotatable bonds is 4. The number of fused-ring (bicyclic) bond motifs is 5. The summed E-state index contributed by atoms with van der Waals surface area (Å²) in [5, 5.41) is 30.4. The summed E-state index contributed by atoms with van der Waals surface area (Å²) in [6, 6.07) is 0. The van der Waals surface area contributed by atoms with E-state index in [4.69, 9.17) is 5.11 Å². The molecule has 10 atom stereocenters. The first kappa shape index (κ1) is 20.7. The van der Waals surface area contributed by atoms with Gasteiger partial charge in [0, 0.05) is 6.42 Å². The third kappa shape index (κ3) is 3.14. The SMILES string of the molecule is C[C@H](CCC(=O)O)[C@H]1CC[C@H]2[C@@H]3C[C@@H](O)[C@@H]4C[C@@H](O)CC[C@]4(C)[C@H]3CC[C@]12C. The van der Waals surface area contributed by atoms with Crippen LogP contribution in [0.4, 0.5) is 0 Å². The summed E-state index contributed by atoms with van der Waals surface area (Å²) >= 11 is 0. The molecule has 0 aromatic carbocycles. The molecule has 160 valence electrons. The Kier molecular flexibility index (Phi) is 5.36. The molecule has 4 heteroatoms. The number of hydrogen-bond donors (Lipinski definition) is 3. The maximum atomic E-state index is 11.1. The van der Waals surface area contributed by atoms with Gasteiger partial charge in [0.25, 0.3) is 0 Å². The molecule has 0 bridgehead atoms. The van der Waals surface area contributed by atoms with Crippen LogP contribution in [0.2, 0.25) is 0 Å². The number of carbonyl (C=O) groups is 1. The standard InChI is InChI=1S/C24H40O4/c1-14(4-7-22(27)28)17-5-6-18-16-13-21(26)20-12-15(25)8-10-24(20,3)19(16)9-11-23(17,18)2/h14-21,25-26H,4-13H2,1-3H3,(H,27,28)/t14-,15+,16+,17-,18+,19+,20+,21-,23-,24-/m1/s1. The minimum atomic E-state index is -0.677. The fourth-order valence-corrected chi connectivity index (χ4v) is 8.81. The Morgan fingerprint density at radius 1 is 0.964 bits per heavy atom. The highest BCUT2D eigenvalue weighted by Gasteiger charge is 2.62. The van der Waals surface area contributed by atoms with Gasteiger partial charge in [0.15, 0.2) is 0 Å². The van der Waals surface area contributed by atoms with Crippen LogP contribution >= 0.6 is 0 Å². The van der Waals surface area contributed by atoms with E-state index in [1.165, 1.54) is 25.7 Å². The predicted molar refractivity (Wildman–Crippen MR) is 109 cm³/mol. The van der Waals surface area contributed by atoms with Gasteiger partial charge in [0.05, 0.1) is 12.2 Å². The van der Waals surface area contributed by atoms with Crippen LogP contribution in [0.3, 0.4) is 0 Å². The van der Waals surface area contributed by atoms with E-state index in [1.807, 2.05) is 0 Å². The highest BCUT2D eigenvalue weighted by atomic mass is 16.4. The van der Waals surface area contributed by atoms with Crippen molar-refractivity contribution in [2.45, 2.75) is 97.2 Å². The van der Waals surface area contributed by atoms with Crippen LogP contribution in [0, 0.1) is 46.3 Å². The topological polar surface area (TPSA) is 77.8 Å². The minimum Gasteiger partial charge on any atom is -0.481 e. The van der Waals surface area contributed by atoms with Crippen molar-refractivity contribution in [1.29, 1.82) is 0 Å². The van der Waals surface area contributed by atoms with Crippen LogP contribution in [-0.4, -0.2) is 33.5 Å². The number of carboxylic acids is 1. The normalized spacial score (nSPS) is 51.7. The molecule has 4 saturated carbocycles. The van der Waals surface area contributed by atoms with Gasteiger partial charge < -0.3 is 15.3 Å². The van der Waals surface area contributed by atoms with Crippen LogP contribution < -0.4 is 0 Å². The van der Waals surface area contributed by atoms with E-state index in [9.17, 15) is 15.0 Å². The lowest BCUT2D eigenvalue weighted by Gasteiger charge is -2.62. The molecule has 0 saturated heterocycles. The summed E-state index contributed by atoms with van der Waals surface area (Å²) in [6.45, 7) is 7.16. The molecule has 0 spiro atoms. The van der Waals surface area contributed by atoms with E-state index in [1.54, 1.807) is 0 Å². The van der Waals surface area contributed by atoms with E-state index >= 15 is 0 Å². The van der Waals surface area contributed by atoms with Crippen molar-refractivity contribution in [3.63, 3.8) is 0 Å². The largest absolute Gasteiger partial charge is 0.481 e. The maximum absolute atomic E-state index is 11.1. The van der Waals surface area contributed by atoms with Crippen molar-refractivity contribution in [2.24, 2.45) is 46.3 Å². The molecular weight excluding hydrogens is 352 g/mol. The van der Waals surface area contributed by atoms with Gasteiger partial charge in [-0.05, 0) is 104 Å². The molecule has 0 unspecified atom stereocenters. The number of hydrogen-bond acceptors (Lipinski definition) is 3. The summed E-state index contributed by atoms with van der Waals surface area (Å²) in [5.41, 5.74) is 0.478. The van der Waals surface area contributed by atoms with Gasteiger partial charge in [-0.15, -0.1) is 0 Å². The zero-order chi connectivity index (χ0) is 20.3. The summed E-state index contributed by atoms with van der Waals surface area (Å²) in [7, 11) is 0. The number of carboxylic acid groups (broad SMARTS) is 1. The lowest BCUT2D eigenvalue weighted by atomic mass is 9.44. The Labute approximate surface area is 170 Å². The quantitative estimate of drug-likeness (QED) is 0.659. The van der Waals surface area contributed by atoms with Gasteiger partial charge in [-0.3, -0.25) is 4.79 Å². The van der Waals surface area contributed by atoms with Crippen LogP contribution in [0.5, 0.6) is 0 Å². The fourth-order valence-electron chi connectivity index (χ4n) is 8.81. The van der Waals surface area contributed by atoms with Crippen molar-refractivity contribution in [2.75, 3.05) is 0 Å². The second kappa shape index (κ2) is 7.27. The van der Waals surface area contributed by atoms with Gasteiger partial charge in [-0.1, -0.05) is 20.8 Å². The average Bonchev–Trinajstić information content (AvgIpc) is 2.99. The molecule has 28 heavy (non-hydrogen) atoms. The number of aliphatic hydroxyl groups excluding tert-OH is 2. The Hall–Kier alpha value is -0.610. The molecule has 0 aromatic heterocycles. The second-order valence-electron chi connectivity index (χ2n) is 11.4. The Morgan fingerprint density at radius 3 is 2.36 bits per heavy atom. The lowest BCUT2D eigenvalue weighted by Crippen LogP contribution is -2.58. The molecule has 4 fully saturated rings. The molecular formula is C24H40O4. The van der Waals surface area contributed by atoms with E-state index < -0.39 is 5.97 Å². The van der Waals surface area contributed by atoms with Crippen molar-refractivity contribution < 1.29 is 20.1 Å². The first-order chi connectivity index (χ1) is 13.2. The fraction of sp³-hybridized carbons (Fsp3) is 0.958. The van der Waals surface area contributed by atoms with Gasteiger partial charge in [0.1, 0.15) is 0 Å². The smallest absolute Gasteiger partial charge is 0.303 e. The van der Waals surface area contributed by atoms with Crippen LogP contribution in [0.25, 0.3) is 0 Å². The van der Waals surface area contributed by atoms with Gasteiger partial charge >= 0.3 is 5.97 Å². The molecule has 0 radical (unpaired) electrons. The second-order valence-corrected chi connectivity index (χ2v) is 11.4. The first-order valence-corrected chi connectivity index (χ1v) is 11.7. The Balaban J connectivity index is 1.55. The molecule has 3 N–H and O–H groups in total. The van der Waals surface area contributed by atoms with Crippen molar-refractivity contribution in [3.8, 4) is 0 Å². The van der Waals surface area contributed by atoms with Crippen molar-refractivity contribution >= 4 is 5.97 Å². The summed E-state index contributed by atoms with van der Waals surface area (Å²) in [5.74, 6) is 2.61. The molecule has 4 aliphatic carbocycles. The predicted octanol–water partition coefficient (Wildman–Crippen LogP) is 4.48. The van der Waals surface area contributed by atoms with Gasteiger partial charge in [-0.2, -0.15) is 0 Å². The van der Waals surface area contributed by atoms with Crippen molar-refractivity contribution in [3.05, 3.63) is 0 Å². The van der Waals surface area contributed by atoms with Crippen molar-refractivity contribution in [1.82, 2.24) is 0 Å². The third-order valence-electron chi connectivity index (χ3n) is 10.2. The Morgan fingerprint density at radius 2 is 1.64 bits per heavy atom. The van der Waals surface area contributed by atoms with Crippen LogP contribution in [0.15, 0.2) is 0 Å². The monoisotopic (exact) mass is 392 g/mol. The zero-order valence-corrected chi connectivity index (χ0v) is 17.9. The highest BCUT2D eigenvalue weighted by molar-refractivity contribution is 5.66. The van der Waals surface area contributed by atoms with Gasteiger partial charge in [0.2, 0.25) is 0 Å². The summed E-state index contributed by atoms with van der Waals surface area (Å²) < 4.78 is 0. The van der Waals surface area contributed by atoms with Crippen LogP contribution in [-0.2, 0) is 4.79 Å². The molecule has 0 heterocycles.